The number of nitrogens with one attached hydrogen (secondary N) is 1. The fraction of sp³-hybridized carbons (Fsp3) is 0.125. The summed E-state index contributed by atoms with van der Waals surface area (Å²) < 4.78 is 55.2. The maximum absolute atomic E-state index is 13.1. The van der Waals surface area contributed by atoms with Crippen LogP contribution in [-0.4, -0.2) is 61.6 Å². The molecule has 8 aromatic rings. The Hall–Kier alpha value is -4.61. The summed E-state index contributed by atoms with van der Waals surface area (Å²) in [5, 5.41) is 10.9. The van der Waals surface area contributed by atoms with Crippen LogP contribution in [0, 0.1) is 10.6 Å². The molecule has 0 aliphatic heterocycles. The molecule has 6 heterocycles. The Morgan fingerprint density at radius 1 is 0.809 bits per heavy atom. The zero-order valence-corrected chi connectivity index (χ0v) is 29.3. The third kappa shape index (κ3) is 5.37. The number of aromatic nitrogens is 8. The Balaban J connectivity index is 0.000000150. The average Bonchev–Trinajstić information content (AvgIpc) is 3.81. The van der Waals surface area contributed by atoms with Crippen molar-refractivity contribution in [1.29, 1.82) is 0 Å². The van der Waals surface area contributed by atoms with Gasteiger partial charge in [-0.2, -0.15) is 5.10 Å². The van der Waals surface area contributed by atoms with Gasteiger partial charge in [-0.05, 0) is 65.9 Å². The minimum Gasteiger partial charge on any atom is -0.305 e. The zero-order chi connectivity index (χ0) is 33.2. The number of pyridine rings is 2. The van der Waals surface area contributed by atoms with Crippen LogP contribution in [0.5, 0.6) is 0 Å². The number of H-pyrrole nitrogens is 1. The van der Waals surface area contributed by atoms with E-state index in [0.717, 1.165) is 43.7 Å². The molecule has 0 fully saturated rings. The number of nitrogens with zero attached hydrogens (tertiary/aromatic N) is 7. The summed E-state index contributed by atoms with van der Waals surface area (Å²) in [5.74, 6) is 0. The molecule has 0 amide bonds. The summed E-state index contributed by atoms with van der Waals surface area (Å²) in [6.07, 6.45) is 8.24. The van der Waals surface area contributed by atoms with Gasteiger partial charge >= 0.3 is 0 Å². The molecular formula is C32H27IN8O4S2. The van der Waals surface area contributed by atoms with E-state index in [1.54, 1.807) is 65.7 Å². The Kier molecular flexibility index (Phi) is 7.44. The molecule has 8 rings (SSSR count). The number of sulfone groups is 1. The number of benzene rings is 2. The minimum atomic E-state index is -3.72. The number of rotatable bonds is 4. The molecule has 6 aromatic heterocycles. The van der Waals surface area contributed by atoms with Gasteiger partial charge in [-0.1, -0.05) is 29.8 Å². The van der Waals surface area contributed by atoms with Gasteiger partial charge in [0.25, 0.3) is 10.0 Å². The third-order valence-electron chi connectivity index (χ3n) is 7.91. The van der Waals surface area contributed by atoms with E-state index < -0.39 is 19.9 Å². The molecule has 1 N–H and O–H groups in total. The molecule has 0 radical (unpaired) electrons. The van der Waals surface area contributed by atoms with Crippen LogP contribution in [0.2, 0.25) is 0 Å². The van der Waals surface area contributed by atoms with Gasteiger partial charge in [-0.25, -0.2) is 35.8 Å². The Labute approximate surface area is 283 Å². The number of fused-ring (bicyclic) bond motifs is 6. The van der Waals surface area contributed by atoms with E-state index in [0.29, 0.717) is 20.7 Å². The van der Waals surface area contributed by atoms with Gasteiger partial charge in [-0.15, -0.1) is 0 Å². The van der Waals surface area contributed by atoms with Crippen molar-refractivity contribution in [2.75, 3.05) is 6.26 Å². The quantitative estimate of drug-likeness (QED) is 0.227. The van der Waals surface area contributed by atoms with E-state index in [-0.39, 0.29) is 9.79 Å². The maximum Gasteiger partial charge on any atom is 0.270 e. The minimum absolute atomic E-state index is 0.246. The van der Waals surface area contributed by atoms with Crippen molar-refractivity contribution in [3.05, 3.63) is 94.7 Å². The standard InChI is InChI=1S/C16H13IN4O2S.C16H14N4O2S/c1-10-3-5-12(6-4-10)24(22,23)21-14(17)7-13-15-11(8-18-16(13)21)9-19-20(15)2;1-20-15-11(9-18-20)8-17-16-13(15)7-14(19-16)10-4-3-5-12(6-10)23(2,21)22/h3-9H,1-2H3;3-9,18H,1-2H3. The van der Waals surface area contributed by atoms with Crippen LogP contribution in [0.3, 0.4) is 0 Å². The molecular weight excluding hydrogens is 751 g/mol. The van der Waals surface area contributed by atoms with E-state index in [1.165, 1.54) is 10.2 Å². The predicted octanol–water partition coefficient (Wildman–Crippen LogP) is 5.59. The third-order valence-corrected chi connectivity index (χ3v) is 11.9. The van der Waals surface area contributed by atoms with Gasteiger partial charge in [0.15, 0.2) is 21.1 Å². The number of aryl methyl sites for hydroxylation is 3. The Morgan fingerprint density at radius 3 is 2.30 bits per heavy atom. The number of hydrogen-bond donors (Lipinski definition) is 1. The number of halogens is 1. The fourth-order valence-electron chi connectivity index (χ4n) is 5.58. The molecule has 0 bridgehead atoms. The molecule has 238 valence electrons. The van der Waals surface area contributed by atoms with Crippen molar-refractivity contribution in [1.82, 2.24) is 38.5 Å². The van der Waals surface area contributed by atoms with Crippen molar-refractivity contribution in [3.8, 4) is 11.3 Å². The molecule has 0 atom stereocenters. The summed E-state index contributed by atoms with van der Waals surface area (Å²) in [5.41, 5.74) is 5.44. The summed E-state index contributed by atoms with van der Waals surface area (Å²) in [6, 6.07) is 17.4. The predicted molar refractivity (Wildman–Crippen MR) is 189 cm³/mol. The molecule has 0 aliphatic carbocycles. The van der Waals surface area contributed by atoms with Gasteiger partial charge < -0.3 is 5.10 Å². The molecule has 0 aliphatic rings. The van der Waals surface area contributed by atoms with Gasteiger partial charge in [0, 0.05) is 66.0 Å². The SMILES string of the molecule is Cc1ccc(S(=O)(=O)n2c(I)cc3c4c(cnc32)cnn4C)cc1.Cn1[nH]cc2cnc3nc(-c4cccc(S(C)(=O)=O)c4)cc3c21. The first-order chi connectivity index (χ1) is 22.3. The summed E-state index contributed by atoms with van der Waals surface area (Å²) in [6.45, 7) is 1.92. The molecule has 0 saturated carbocycles. The van der Waals surface area contributed by atoms with Crippen molar-refractivity contribution >= 4 is 86.3 Å². The first kappa shape index (κ1) is 31.0. The lowest BCUT2D eigenvalue weighted by Crippen LogP contribution is -2.15. The van der Waals surface area contributed by atoms with E-state index in [1.807, 2.05) is 72.7 Å². The second-order valence-electron chi connectivity index (χ2n) is 11.2. The summed E-state index contributed by atoms with van der Waals surface area (Å²) in [4.78, 5) is 13.8. The number of hydrogen-bond acceptors (Lipinski definition) is 8. The largest absolute Gasteiger partial charge is 0.305 e. The van der Waals surface area contributed by atoms with E-state index in [9.17, 15) is 16.8 Å². The van der Waals surface area contributed by atoms with E-state index in [4.69, 9.17) is 0 Å². The zero-order valence-electron chi connectivity index (χ0n) is 25.5. The topological polar surface area (TPSA) is 150 Å². The summed E-state index contributed by atoms with van der Waals surface area (Å²) >= 11 is 2.03. The van der Waals surface area contributed by atoms with Crippen molar-refractivity contribution < 1.29 is 16.8 Å². The highest BCUT2D eigenvalue weighted by molar-refractivity contribution is 14.1. The molecule has 15 heteroatoms. The lowest BCUT2D eigenvalue weighted by Gasteiger charge is -2.09. The van der Waals surface area contributed by atoms with Crippen LogP contribution < -0.4 is 0 Å². The highest BCUT2D eigenvalue weighted by atomic mass is 127. The molecule has 12 nitrogen and oxygen atoms in total. The molecule has 0 unspecified atom stereocenters. The maximum atomic E-state index is 13.1. The molecule has 47 heavy (non-hydrogen) atoms. The Morgan fingerprint density at radius 2 is 1.55 bits per heavy atom. The van der Waals surface area contributed by atoms with Crippen molar-refractivity contribution in [2.45, 2.75) is 16.7 Å². The second-order valence-corrected chi connectivity index (χ2v) is 16.1. The van der Waals surface area contributed by atoms with Crippen molar-refractivity contribution in [2.24, 2.45) is 14.1 Å². The van der Waals surface area contributed by atoms with Gasteiger partial charge in [-0.3, -0.25) is 9.36 Å². The first-order valence-corrected chi connectivity index (χ1v) is 18.6. The number of aromatic amines is 1. The molecule has 0 spiro atoms. The van der Waals surface area contributed by atoms with Crippen LogP contribution in [0.25, 0.3) is 55.1 Å². The first-order valence-electron chi connectivity index (χ1n) is 14.2. The fourth-order valence-corrected chi connectivity index (χ4v) is 8.91. The van der Waals surface area contributed by atoms with Crippen LogP contribution in [-0.2, 0) is 34.0 Å². The van der Waals surface area contributed by atoms with Crippen LogP contribution in [0.1, 0.15) is 5.56 Å². The Bertz CT molecular complexity index is 2720. The highest BCUT2D eigenvalue weighted by Crippen LogP contribution is 2.31. The molecule has 2 aromatic carbocycles. The second kappa shape index (κ2) is 11.3. The normalized spacial score (nSPS) is 12.3. The smallest absolute Gasteiger partial charge is 0.270 e. The van der Waals surface area contributed by atoms with Crippen LogP contribution in [0.15, 0.2) is 95.2 Å². The van der Waals surface area contributed by atoms with Gasteiger partial charge in [0.1, 0.15) is 0 Å². The van der Waals surface area contributed by atoms with E-state index in [2.05, 4.69) is 25.1 Å². The highest BCUT2D eigenvalue weighted by Gasteiger charge is 2.24. The lowest BCUT2D eigenvalue weighted by molar-refractivity contribution is 0.587. The van der Waals surface area contributed by atoms with Crippen LogP contribution in [0.4, 0.5) is 0 Å². The lowest BCUT2D eigenvalue weighted by atomic mass is 10.1. The van der Waals surface area contributed by atoms with Gasteiger partial charge in [0.2, 0.25) is 0 Å². The molecule has 0 saturated heterocycles. The summed E-state index contributed by atoms with van der Waals surface area (Å²) in [7, 11) is -3.20. The average molecular weight is 779 g/mol. The van der Waals surface area contributed by atoms with Crippen LogP contribution >= 0.6 is 22.6 Å². The van der Waals surface area contributed by atoms with E-state index >= 15 is 0 Å². The van der Waals surface area contributed by atoms with Crippen molar-refractivity contribution in [3.63, 3.8) is 0 Å². The monoisotopic (exact) mass is 778 g/mol. The van der Waals surface area contributed by atoms with Gasteiger partial charge in [0.05, 0.1) is 36.4 Å².